The maximum absolute atomic E-state index is 10.4. The van der Waals surface area contributed by atoms with Crippen LogP contribution in [0.3, 0.4) is 0 Å². The zero-order valence-electron chi connectivity index (χ0n) is 7.24. The molecular weight excluding hydrogens is 186 g/mol. The van der Waals surface area contributed by atoms with E-state index >= 15 is 0 Å². The first-order chi connectivity index (χ1) is 5.44. The standard InChI is InChI=1S/C6H12ClNO4/c1-6(7,8(9)10)4-5(11-2)12-3/h5H,4H2,1-3H3. The number of nitro groups is 1. The highest BCUT2D eigenvalue weighted by atomic mass is 35.5. The fourth-order valence-corrected chi connectivity index (χ4v) is 0.768. The van der Waals surface area contributed by atoms with E-state index in [0.717, 1.165) is 0 Å². The second-order valence-corrected chi connectivity index (χ2v) is 3.32. The number of alkyl halides is 1. The molecule has 0 aliphatic heterocycles. The highest BCUT2D eigenvalue weighted by Gasteiger charge is 2.37. The number of hydrogen-bond donors (Lipinski definition) is 0. The van der Waals surface area contributed by atoms with Crippen LogP contribution in [0.4, 0.5) is 0 Å². The molecule has 1 unspecified atom stereocenters. The molecule has 0 aromatic heterocycles. The summed E-state index contributed by atoms with van der Waals surface area (Å²) in [6.45, 7) is 1.31. The van der Waals surface area contributed by atoms with E-state index in [1.165, 1.54) is 21.1 Å². The van der Waals surface area contributed by atoms with Crippen molar-refractivity contribution in [2.75, 3.05) is 14.2 Å². The Morgan fingerprint density at radius 3 is 2.25 bits per heavy atom. The van der Waals surface area contributed by atoms with Crippen LogP contribution in [-0.2, 0) is 9.47 Å². The lowest BCUT2D eigenvalue weighted by atomic mass is 10.2. The SMILES string of the molecule is COC(CC(C)(Cl)[N+](=O)[O-])OC. The molecule has 0 aliphatic rings. The minimum absolute atomic E-state index is 0.00849. The number of halogens is 1. The van der Waals surface area contributed by atoms with E-state index in [2.05, 4.69) is 0 Å². The molecule has 0 saturated carbocycles. The number of rotatable bonds is 5. The molecule has 72 valence electrons. The summed E-state index contributed by atoms with van der Waals surface area (Å²) in [5, 5.41) is 10.4. The Labute approximate surface area is 75.7 Å². The molecule has 0 aromatic carbocycles. The Hall–Kier alpha value is -0.390. The summed E-state index contributed by atoms with van der Waals surface area (Å²) in [6.07, 6.45) is -0.632. The zero-order valence-corrected chi connectivity index (χ0v) is 8.00. The van der Waals surface area contributed by atoms with Crippen molar-refractivity contribution in [3.63, 3.8) is 0 Å². The molecule has 0 bridgehead atoms. The van der Waals surface area contributed by atoms with Crippen LogP contribution >= 0.6 is 11.6 Å². The third kappa shape index (κ3) is 3.34. The fraction of sp³-hybridized carbons (Fsp3) is 1.00. The van der Waals surface area contributed by atoms with Gasteiger partial charge in [-0.2, -0.15) is 0 Å². The van der Waals surface area contributed by atoms with Crippen molar-refractivity contribution in [1.29, 1.82) is 0 Å². The molecule has 0 amide bonds. The average Bonchev–Trinajstić information content (AvgIpc) is 2.00. The van der Waals surface area contributed by atoms with Crippen LogP contribution in [0.5, 0.6) is 0 Å². The molecule has 0 aliphatic carbocycles. The summed E-state index contributed by atoms with van der Waals surface area (Å²) in [7, 11) is 2.81. The second-order valence-electron chi connectivity index (χ2n) is 2.50. The zero-order chi connectivity index (χ0) is 9.78. The Kier molecular flexibility index (Phi) is 4.44. The van der Waals surface area contributed by atoms with Gasteiger partial charge in [0.1, 0.15) is 0 Å². The van der Waals surface area contributed by atoms with Gasteiger partial charge >= 0.3 is 0 Å². The molecule has 5 nitrogen and oxygen atoms in total. The first-order valence-corrected chi connectivity index (χ1v) is 3.71. The quantitative estimate of drug-likeness (QED) is 0.219. The van der Waals surface area contributed by atoms with E-state index in [1.54, 1.807) is 0 Å². The summed E-state index contributed by atoms with van der Waals surface area (Å²) >= 11 is 5.56. The maximum atomic E-state index is 10.4. The van der Waals surface area contributed by atoms with E-state index in [9.17, 15) is 10.1 Å². The van der Waals surface area contributed by atoms with Gasteiger partial charge in [-0.15, -0.1) is 0 Å². The lowest BCUT2D eigenvalue weighted by Crippen LogP contribution is -2.34. The molecule has 0 heterocycles. The van der Waals surface area contributed by atoms with Crippen LogP contribution in [-0.4, -0.2) is 30.4 Å². The topological polar surface area (TPSA) is 61.6 Å². The highest BCUT2D eigenvalue weighted by Crippen LogP contribution is 2.22. The molecule has 1 atom stereocenters. The second kappa shape index (κ2) is 4.59. The van der Waals surface area contributed by atoms with Crippen LogP contribution in [0, 0.1) is 10.1 Å². The van der Waals surface area contributed by atoms with Crippen LogP contribution in [0.15, 0.2) is 0 Å². The molecule has 6 heteroatoms. The Morgan fingerprint density at radius 2 is 2.00 bits per heavy atom. The largest absolute Gasteiger partial charge is 0.356 e. The Morgan fingerprint density at radius 1 is 1.58 bits per heavy atom. The molecule has 0 aromatic rings. The number of ether oxygens (including phenoxy) is 2. The van der Waals surface area contributed by atoms with Gasteiger partial charge in [-0.1, -0.05) is 0 Å². The number of methoxy groups -OCH3 is 2. The predicted octanol–water partition coefficient (Wildman–Crippen LogP) is 1.23. The van der Waals surface area contributed by atoms with Crippen molar-refractivity contribution < 1.29 is 14.4 Å². The smallest absolute Gasteiger partial charge is 0.297 e. The van der Waals surface area contributed by atoms with Gasteiger partial charge in [0.25, 0.3) is 5.00 Å². The number of hydrogen-bond acceptors (Lipinski definition) is 4. The van der Waals surface area contributed by atoms with Gasteiger partial charge < -0.3 is 9.47 Å². The van der Waals surface area contributed by atoms with Gasteiger partial charge in [0, 0.05) is 26.1 Å². The van der Waals surface area contributed by atoms with Gasteiger partial charge in [0.05, 0.1) is 6.42 Å². The van der Waals surface area contributed by atoms with Crippen molar-refractivity contribution in [1.82, 2.24) is 0 Å². The van der Waals surface area contributed by atoms with Crippen LogP contribution in [0.1, 0.15) is 13.3 Å². The van der Waals surface area contributed by atoms with E-state index in [-0.39, 0.29) is 6.42 Å². The normalized spacial score (nSPS) is 16.1. The summed E-state index contributed by atoms with van der Waals surface area (Å²) in [5.74, 6) is 0. The van der Waals surface area contributed by atoms with Gasteiger partial charge in [0.2, 0.25) is 0 Å². The molecule has 12 heavy (non-hydrogen) atoms. The van der Waals surface area contributed by atoms with Crippen molar-refractivity contribution in [2.45, 2.75) is 24.6 Å². The highest BCUT2D eigenvalue weighted by molar-refractivity contribution is 6.22. The van der Waals surface area contributed by atoms with Crippen molar-refractivity contribution in [3.05, 3.63) is 10.1 Å². The molecular formula is C6H12ClNO4. The minimum atomic E-state index is -1.53. The van der Waals surface area contributed by atoms with Gasteiger partial charge in [-0.3, -0.25) is 10.1 Å². The maximum Gasteiger partial charge on any atom is 0.297 e. The van der Waals surface area contributed by atoms with Crippen molar-refractivity contribution in [2.24, 2.45) is 0 Å². The van der Waals surface area contributed by atoms with Crippen molar-refractivity contribution in [3.8, 4) is 0 Å². The van der Waals surface area contributed by atoms with E-state index < -0.39 is 16.2 Å². The third-order valence-corrected chi connectivity index (χ3v) is 1.74. The van der Waals surface area contributed by atoms with E-state index in [4.69, 9.17) is 21.1 Å². The average molecular weight is 198 g/mol. The fourth-order valence-electron chi connectivity index (χ4n) is 0.642. The Balaban J connectivity index is 4.12. The monoisotopic (exact) mass is 197 g/mol. The third-order valence-electron chi connectivity index (χ3n) is 1.45. The van der Waals surface area contributed by atoms with Crippen LogP contribution in [0.2, 0.25) is 0 Å². The van der Waals surface area contributed by atoms with Gasteiger partial charge in [-0.25, -0.2) is 0 Å². The molecule has 0 N–H and O–H groups in total. The minimum Gasteiger partial charge on any atom is -0.356 e. The summed E-state index contributed by atoms with van der Waals surface area (Å²) in [6, 6.07) is 0. The summed E-state index contributed by atoms with van der Waals surface area (Å²) in [4.78, 5) is 8.25. The van der Waals surface area contributed by atoms with E-state index in [0.29, 0.717) is 0 Å². The summed E-state index contributed by atoms with van der Waals surface area (Å²) in [5.41, 5.74) is 0. The van der Waals surface area contributed by atoms with E-state index in [1.807, 2.05) is 0 Å². The molecule has 0 saturated heterocycles. The lowest BCUT2D eigenvalue weighted by Gasteiger charge is -2.18. The molecule has 0 spiro atoms. The Bertz CT molecular complexity index is 158. The first kappa shape index (κ1) is 11.6. The molecule has 0 radical (unpaired) electrons. The molecule has 0 rings (SSSR count). The molecule has 0 fully saturated rings. The first-order valence-electron chi connectivity index (χ1n) is 3.33. The van der Waals surface area contributed by atoms with Crippen LogP contribution < -0.4 is 0 Å². The van der Waals surface area contributed by atoms with Crippen molar-refractivity contribution >= 4 is 11.6 Å². The van der Waals surface area contributed by atoms with Crippen LogP contribution in [0.25, 0.3) is 0 Å². The van der Waals surface area contributed by atoms with Gasteiger partial charge in [0.15, 0.2) is 6.29 Å². The predicted molar refractivity (Wildman–Crippen MR) is 43.7 cm³/mol. The lowest BCUT2D eigenvalue weighted by molar-refractivity contribution is -0.542. The summed E-state index contributed by atoms with van der Waals surface area (Å²) < 4.78 is 9.55. The number of nitrogens with zero attached hydrogens (tertiary/aromatic N) is 1. The van der Waals surface area contributed by atoms with Gasteiger partial charge in [-0.05, 0) is 11.6 Å².